The molecule has 0 aliphatic carbocycles. The van der Waals surface area contributed by atoms with Crippen LogP contribution in [0.1, 0.15) is 44.5 Å². The topological polar surface area (TPSA) is 18.5 Å². The van der Waals surface area contributed by atoms with Gasteiger partial charge in [-0.3, -0.25) is 0 Å². The predicted molar refractivity (Wildman–Crippen MR) is 99.2 cm³/mol. The predicted octanol–water partition coefficient (Wildman–Crippen LogP) is 4.88. The van der Waals surface area contributed by atoms with E-state index >= 15 is 0 Å². The summed E-state index contributed by atoms with van der Waals surface area (Å²) in [5, 5.41) is 0. The molecule has 0 aliphatic heterocycles. The minimum atomic E-state index is 0.231. The summed E-state index contributed by atoms with van der Waals surface area (Å²) >= 11 is 0. The standard InChI is InChI=1S/C20H27BO2/c1-11-9-12(2)16(6)19(15(11)5)22-21-23-20-17(7)13(3)10-14(4)18(20)8/h9-10,21H,1-8H3. The first-order chi connectivity index (χ1) is 10.7. The Morgan fingerprint density at radius 1 is 0.522 bits per heavy atom. The minimum Gasteiger partial charge on any atom is -0.528 e. The Labute approximate surface area is 141 Å². The maximum absolute atomic E-state index is 6.00. The molecular weight excluding hydrogens is 283 g/mol. The van der Waals surface area contributed by atoms with Crippen molar-refractivity contribution in [2.45, 2.75) is 55.4 Å². The number of aryl methyl sites for hydroxylation is 4. The van der Waals surface area contributed by atoms with Gasteiger partial charge in [-0.2, -0.15) is 0 Å². The first-order valence-corrected chi connectivity index (χ1v) is 8.14. The summed E-state index contributed by atoms with van der Waals surface area (Å²) in [6.07, 6.45) is 0. The Kier molecular flexibility index (Phi) is 5.08. The van der Waals surface area contributed by atoms with Crippen LogP contribution in [0, 0.1) is 55.4 Å². The smallest absolute Gasteiger partial charge is 0.528 e. The second kappa shape index (κ2) is 6.70. The largest absolute Gasteiger partial charge is 0.576 e. The molecule has 0 heterocycles. The Morgan fingerprint density at radius 2 is 0.783 bits per heavy atom. The van der Waals surface area contributed by atoms with E-state index in [1.807, 2.05) is 0 Å². The average molecular weight is 310 g/mol. The highest BCUT2D eigenvalue weighted by molar-refractivity contribution is 6.21. The van der Waals surface area contributed by atoms with Crippen molar-refractivity contribution in [2.75, 3.05) is 0 Å². The van der Waals surface area contributed by atoms with Crippen LogP contribution in [0.15, 0.2) is 12.1 Å². The second-order valence-corrected chi connectivity index (χ2v) is 6.59. The highest BCUT2D eigenvalue weighted by atomic mass is 16.6. The van der Waals surface area contributed by atoms with Crippen molar-refractivity contribution in [3.05, 3.63) is 56.6 Å². The summed E-state index contributed by atoms with van der Waals surface area (Å²) in [5.74, 6) is 1.89. The zero-order valence-electron chi connectivity index (χ0n) is 15.7. The molecule has 0 aliphatic rings. The molecule has 0 unspecified atom stereocenters. The van der Waals surface area contributed by atoms with Crippen molar-refractivity contribution < 1.29 is 9.31 Å². The monoisotopic (exact) mass is 310 g/mol. The molecule has 2 nitrogen and oxygen atoms in total. The third-order valence-electron chi connectivity index (χ3n) is 5.00. The van der Waals surface area contributed by atoms with Gasteiger partial charge >= 0.3 is 7.69 Å². The lowest BCUT2D eigenvalue weighted by atomic mass is 9.99. The third kappa shape index (κ3) is 3.39. The zero-order valence-corrected chi connectivity index (χ0v) is 15.7. The van der Waals surface area contributed by atoms with Crippen LogP contribution in [-0.2, 0) is 0 Å². The summed E-state index contributed by atoms with van der Waals surface area (Å²) in [6, 6.07) is 4.41. The van der Waals surface area contributed by atoms with E-state index in [9.17, 15) is 0 Å². The summed E-state index contributed by atoms with van der Waals surface area (Å²) < 4.78 is 12.0. The maximum Gasteiger partial charge on any atom is 0.576 e. The highest BCUT2D eigenvalue weighted by Crippen LogP contribution is 2.31. The number of rotatable bonds is 4. The molecule has 0 atom stereocenters. The van der Waals surface area contributed by atoms with Crippen molar-refractivity contribution >= 4 is 7.69 Å². The lowest BCUT2D eigenvalue weighted by molar-refractivity contribution is 0.450. The molecule has 3 heteroatoms. The van der Waals surface area contributed by atoms with Gasteiger partial charge in [-0.1, -0.05) is 12.1 Å². The summed E-state index contributed by atoms with van der Waals surface area (Å²) in [5.41, 5.74) is 9.75. The fourth-order valence-electron chi connectivity index (χ4n) is 2.94. The molecule has 2 aromatic rings. The van der Waals surface area contributed by atoms with Crippen LogP contribution in [-0.4, -0.2) is 7.69 Å². The van der Waals surface area contributed by atoms with Crippen LogP contribution in [0.3, 0.4) is 0 Å². The lowest BCUT2D eigenvalue weighted by Crippen LogP contribution is -2.15. The number of hydrogen-bond acceptors (Lipinski definition) is 2. The molecular formula is C20H27BO2. The molecule has 0 bridgehead atoms. The Balaban J connectivity index is 2.22. The van der Waals surface area contributed by atoms with E-state index in [0.29, 0.717) is 0 Å². The highest BCUT2D eigenvalue weighted by Gasteiger charge is 2.14. The zero-order chi connectivity index (χ0) is 17.3. The van der Waals surface area contributed by atoms with E-state index < -0.39 is 0 Å². The first-order valence-electron chi connectivity index (χ1n) is 8.14. The van der Waals surface area contributed by atoms with E-state index in [1.165, 1.54) is 44.5 Å². The van der Waals surface area contributed by atoms with Gasteiger partial charge in [0.25, 0.3) is 0 Å². The molecule has 2 rings (SSSR count). The van der Waals surface area contributed by atoms with Gasteiger partial charge in [-0.15, -0.1) is 0 Å². The molecule has 0 radical (unpaired) electrons. The van der Waals surface area contributed by atoms with Gasteiger partial charge in [0.2, 0.25) is 0 Å². The van der Waals surface area contributed by atoms with Gasteiger partial charge in [0.05, 0.1) is 0 Å². The summed E-state index contributed by atoms with van der Waals surface area (Å²) in [4.78, 5) is 0. The third-order valence-corrected chi connectivity index (χ3v) is 5.00. The molecule has 2 aromatic carbocycles. The van der Waals surface area contributed by atoms with Crippen molar-refractivity contribution in [2.24, 2.45) is 0 Å². The van der Waals surface area contributed by atoms with E-state index in [1.54, 1.807) is 0 Å². The minimum absolute atomic E-state index is 0.231. The number of benzene rings is 2. The van der Waals surface area contributed by atoms with Gasteiger partial charge < -0.3 is 9.31 Å². The van der Waals surface area contributed by atoms with Crippen molar-refractivity contribution in [1.82, 2.24) is 0 Å². The van der Waals surface area contributed by atoms with Gasteiger partial charge in [-0.25, -0.2) is 0 Å². The van der Waals surface area contributed by atoms with Crippen molar-refractivity contribution in [1.29, 1.82) is 0 Å². The first kappa shape index (κ1) is 17.5. The van der Waals surface area contributed by atoms with Crippen LogP contribution in [0.2, 0.25) is 0 Å². The molecule has 0 saturated carbocycles. The van der Waals surface area contributed by atoms with Gasteiger partial charge in [-0.05, 0) is 99.9 Å². The summed E-state index contributed by atoms with van der Waals surface area (Å²) in [7, 11) is 0.231. The molecule has 0 fully saturated rings. The van der Waals surface area contributed by atoms with Crippen LogP contribution >= 0.6 is 0 Å². The quantitative estimate of drug-likeness (QED) is 0.749. The van der Waals surface area contributed by atoms with Gasteiger partial charge in [0.15, 0.2) is 0 Å². The maximum atomic E-state index is 6.00. The molecule has 122 valence electrons. The van der Waals surface area contributed by atoms with Crippen LogP contribution in [0.25, 0.3) is 0 Å². The summed E-state index contributed by atoms with van der Waals surface area (Å²) in [6.45, 7) is 16.9. The van der Waals surface area contributed by atoms with Gasteiger partial charge in [0, 0.05) is 0 Å². The second-order valence-electron chi connectivity index (χ2n) is 6.59. The Bertz CT molecular complexity index is 632. The van der Waals surface area contributed by atoms with E-state index in [4.69, 9.17) is 9.31 Å². The molecule has 23 heavy (non-hydrogen) atoms. The van der Waals surface area contributed by atoms with E-state index in [-0.39, 0.29) is 7.69 Å². The Hall–Kier alpha value is -1.90. The molecule has 0 aromatic heterocycles. The lowest BCUT2D eigenvalue weighted by Gasteiger charge is -2.19. The molecule has 0 N–H and O–H groups in total. The SMILES string of the molecule is Cc1cc(C)c(C)c(OBOc2c(C)c(C)cc(C)c2C)c1C. The van der Waals surface area contributed by atoms with Gasteiger partial charge in [0.1, 0.15) is 11.5 Å². The Morgan fingerprint density at radius 3 is 1.04 bits per heavy atom. The molecule has 0 saturated heterocycles. The van der Waals surface area contributed by atoms with E-state index in [2.05, 4.69) is 67.5 Å². The van der Waals surface area contributed by atoms with Crippen molar-refractivity contribution in [3.63, 3.8) is 0 Å². The normalized spacial score (nSPS) is 10.6. The average Bonchev–Trinajstić information content (AvgIpc) is 2.49. The molecule has 0 amide bonds. The van der Waals surface area contributed by atoms with Crippen LogP contribution in [0.4, 0.5) is 0 Å². The van der Waals surface area contributed by atoms with Crippen molar-refractivity contribution in [3.8, 4) is 11.5 Å². The van der Waals surface area contributed by atoms with Crippen LogP contribution < -0.4 is 9.31 Å². The fraction of sp³-hybridized carbons (Fsp3) is 0.400. The number of hydrogen-bond donors (Lipinski definition) is 0. The molecule has 0 spiro atoms. The fourth-order valence-corrected chi connectivity index (χ4v) is 2.94. The van der Waals surface area contributed by atoms with E-state index in [0.717, 1.165) is 11.5 Å². The van der Waals surface area contributed by atoms with Crippen LogP contribution in [0.5, 0.6) is 11.5 Å².